The van der Waals surface area contributed by atoms with Gasteiger partial charge in [-0.2, -0.15) is 0 Å². The third-order valence-electron chi connectivity index (χ3n) is 4.45. The summed E-state index contributed by atoms with van der Waals surface area (Å²) < 4.78 is 29.0. The number of carbonyl (C=O) groups is 1. The molecule has 0 aromatic heterocycles. The van der Waals surface area contributed by atoms with Crippen molar-refractivity contribution >= 4 is 15.7 Å². The Morgan fingerprint density at radius 1 is 1.15 bits per heavy atom. The van der Waals surface area contributed by atoms with Gasteiger partial charge in [0.15, 0.2) is 9.84 Å². The molecule has 6 heteroatoms. The van der Waals surface area contributed by atoms with Gasteiger partial charge in [-0.1, -0.05) is 32.0 Å². The topological polar surface area (TPSA) is 72.5 Å². The van der Waals surface area contributed by atoms with Crippen molar-refractivity contribution in [2.75, 3.05) is 12.8 Å². The minimum absolute atomic E-state index is 0.0243. The summed E-state index contributed by atoms with van der Waals surface area (Å²) in [7, 11) is -3.19. The Morgan fingerprint density at radius 2 is 1.81 bits per heavy atom. The third kappa shape index (κ3) is 4.07. The number of sulfone groups is 1. The van der Waals surface area contributed by atoms with Crippen LogP contribution in [0.4, 0.5) is 0 Å². The second kappa shape index (κ2) is 7.11. The summed E-state index contributed by atoms with van der Waals surface area (Å²) in [5.74, 6) is 0.821. The minimum atomic E-state index is -3.19. The molecular weight excluding hydrogens is 350 g/mol. The Kier molecular flexibility index (Phi) is 5.05. The van der Waals surface area contributed by atoms with Crippen LogP contribution in [-0.4, -0.2) is 33.2 Å². The highest BCUT2D eigenvalue weighted by Crippen LogP contribution is 2.33. The fourth-order valence-corrected chi connectivity index (χ4v) is 3.56. The fourth-order valence-electron chi connectivity index (χ4n) is 2.93. The van der Waals surface area contributed by atoms with Crippen LogP contribution in [0.5, 0.6) is 5.75 Å². The third-order valence-corrected chi connectivity index (χ3v) is 5.57. The first-order valence-corrected chi connectivity index (χ1v) is 10.5. The summed E-state index contributed by atoms with van der Waals surface area (Å²) >= 11 is 0. The summed E-state index contributed by atoms with van der Waals surface area (Å²) in [6.07, 6.45) is 1.88. The van der Waals surface area contributed by atoms with Gasteiger partial charge in [0.25, 0.3) is 0 Å². The molecule has 0 fully saturated rings. The smallest absolute Gasteiger partial charge is 0.222 e. The van der Waals surface area contributed by atoms with Gasteiger partial charge in [0.1, 0.15) is 11.9 Å². The molecule has 26 heavy (non-hydrogen) atoms. The highest BCUT2D eigenvalue weighted by Gasteiger charge is 2.24. The van der Waals surface area contributed by atoms with E-state index in [1.807, 2.05) is 38.1 Å². The van der Waals surface area contributed by atoms with E-state index in [1.165, 1.54) is 6.26 Å². The van der Waals surface area contributed by atoms with Gasteiger partial charge in [0, 0.05) is 18.6 Å². The van der Waals surface area contributed by atoms with Gasteiger partial charge in [-0.15, -0.1) is 0 Å². The van der Waals surface area contributed by atoms with E-state index in [1.54, 1.807) is 12.1 Å². The van der Waals surface area contributed by atoms with E-state index in [4.69, 9.17) is 4.74 Å². The van der Waals surface area contributed by atoms with Gasteiger partial charge in [0.05, 0.1) is 11.4 Å². The molecule has 1 atom stereocenters. The van der Waals surface area contributed by atoms with Gasteiger partial charge >= 0.3 is 0 Å². The lowest BCUT2D eigenvalue weighted by molar-refractivity contribution is -0.124. The van der Waals surface area contributed by atoms with Gasteiger partial charge < -0.3 is 10.1 Å². The molecule has 0 saturated heterocycles. The van der Waals surface area contributed by atoms with Crippen LogP contribution in [0, 0.1) is 5.92 Å². The molecular formula is C20H23NO4S. The zero-order chi connectivity index (χ0) is 18.9. The number of rotatable bonds is 5. The van der Waals surface area contributed by atoms with E-state index in [0.717, 1.165) is 28.9 Å². The number of amides is 1. The molecule has 1 heterocycles. The Hall–Kier alpha value is -2.34. The number of carbonyl (C=O) groups excluding carboxylic acids is 1. The summed E-state index contributed by atoms with van der Waals surface area (Å²) in [5.41, 5.74) is 3.06. The molecule has 0 saturated carbocycles. The van der Waals surface area contributed by atoms with Crippen molar-refractivity contribution in [3.63, 3.8) is 0 Å². The largest absolute Gasteiger partial charge is 0.488 e. The molecule has 5 nitrogen and oxygen atoms in total. The van der Waals surface area contributed by atoms with E-state index in [9.17, 15) is 13.2 Å². The van der Waals surface area contributed by atoms with Crippen molar-refractivity contribution in [1.82, 2.24) is 5.32 Å². The van der Waals surface area contributed by atoms with Gasteiger partial charge in [-0.3, -0.25) is 4.79 Å². The van der Waals surface area contributed by atoms with Crippen molar-refractivity contribution in [3.8, 4) is 16.9 Å². The van der Waals surface area contributed by atoms with Crippen LogP contribution in [0.15, 0.2) is 47.4 Å². The molecule has 1 aliphatic rings. The Balaban J connectivity index is 1.72. The predicted octanol–water partition coefficient (Wildman–Crippen LogP) is 2.83. The minimum Gasteiger partial charge on any atom is -0.488 e. The lowest BCUT2D eigenvalue weighted by atomic mass is 10.0. The lowest BCUT2D eigenvalue weighted by Crippen LogP contribution is -2.36. The molecule has 3 rings (SSSR count). The van der Waals surface area contributed by atoms with Crippen LogP contribution in [0.25, 0.3) is 11.1 Å². The van der Waals surface area contributed by atoms with E-state index in [2.05, 4.69) is 11.4 Å². The van der Waals surface area contributed by atoms with Crippen LogP contribution in [-0.2, 0) is 21.1 Å². The zero-order valence-corrected chi connectivity index (χ0v) is 16.0. The molecule has 1 aliphatic heterocycles. The van der Waals surface area contributed by atoms with Gasteiger partial charge in [-0.05, 0) is 41.0 Å². The standard InChI is InChI=1S/C20H23NO4S/c1-13(2)20(22)21-12-17-11-16-10-15(6-9-19(16)25-17)14-4-7-18(8-5-14)26(3,23)24/h4-10,13,17H,11-12H2,1-3H3,(H,21,22)/t17-/m1/s1. The van der Waals surface area contributed by atoms with Gasteiger partial charge in [0.2, 0.25) is 5.91 Å². The van der Waals surface area contributed by atoms with Crippen molar-refractivity contribution in [2.24, 2.45) is 5.92 Å². The van der Waals surface area contributed by atoms with Gasteiger partial charge in [-0.25, -0.2) is 8.42 Å². The normalized spacial score (nSPS) is 16.2. The van der Waals surface area contributed by atoms with E-state index in [-0.39, 0.29) is 17.9 Å². The fraction of sp³-hybridized carbons (Fsp3) is 0.350. The number of benzene rings is 2. The molecule has 0 unspecified atom stereocenters. The number of ether oxygens (including phenoxy) is 1. The Labute approximate surface area is 154 Å². The molecule has 0 bridgehead atoms. The highest BCUT2D eigenvalue weighted by atomic mass is 32.2. The quantitative estimate of drug-likeness (QED) is 0.875. The van der Waals surface area contributed by atoms with Crippen LogP contribution < -0.4 is 10.1 Å². The summed E-state index contributed by atoms with van der Waals surface area (Å²) in [6, 6.07) is 12.8. The number of fused-ring (bicyclic) bond motifs is 1. The number of hydrogen-bond acceptors (Lipinski definition) is 4. The van der Waals surface area contributed by atoms with E-state index < -0.39 is 9.84 Å². The van der Waals surface area contributed by atoms with Crippen LogP contribution >= 0.6 is 0 Å². The average molecular weight is 373 g/mol. The van der Waals surface area contributed by atoms with E-state index in [0.29, 0.717) is 11.4 Å². The van der Waals surface area contributed by atoms with Crippen LogP contribution in [0.2, 0.25) is 0 Å². The molecule has 0 aliphatic carbocycles. The maximum atomic E-state index is 11.7. The molecule has 0 radical (unpaired) electrons. The second-order valence-corrected chi connectivity index (χ2v) is 8.98. The van der Waals surface area contributed by atoms with Crippen LogP contribution in [0.1, 0.15) is 19.4 Å². The monoisotopic (exact) mass is 373 g/mol. The van der Waals surface area contributed by atoms with E-state index >= 15 is 0 Å². The highest BCUT2D eigenvalue weighted by molar-refractivity contribution is 7.90. The first kappa shape index (κ1) is 18.5. The first-order valence-electron chi connectivity index (χ1n) is 8.62. The molecule has 2 aromatic rings. The summed E-state index contributed by atoms with van der Waals surface area (Å²) in [5, 5.41) is 2.90. The Morgan fingerprint density at radius 3 is 2.42 bits per heavy atom. The molecule has 1 N–H and O–H groups in total. The lowest BCUT2D eigenvalue weighted by Gasteiger charge is -2.13. The van der Waals surface area contributed by atoms with Crippen LogP contribution in [0.3, 0.4) is 0 Å². The molecule has 1 amide bonds. The summed E-state index contributed by atoms with van der Waals surface area (Å²) in [4.78, 5) is 12.0. The number of nitrogens with one attached hydrogen (secondary N) is 1. The molecule has 2 aromatic carbocycles. The summed E-state index contributed by atoms with van der Waals surface area (Å²) in [6.45, 7) is 4.21. The Bertz CT molecular complexity index is 917. The first-order chi connectivity index (χ1) is 12.2. The second-order valence-electron chi connectivity index (χ2n) is 6.96. The maximum absolute atomic E-state index is 11.7. The van der Waals surface area contributed by atoms with Crippen molar-refractivity contribution in [2.45, 2.75) is 31.3 Å². The van der Waals surface area contributed by atoms with Crippen molar-refractivity contribution in [3.05, 3.63) is 48.0 Å². The predicted molar refractivity (Wildman–Crippen MR) is 101 cm³/mol. The molecule has 138 valence electrons. The SMILES string of the molecule is CC(C)C(=O)NC[C@H]1Cc2cc(-c3ccc(S(C)(=O)=O)cc3)ccc2O1. The van der Waals surface area contributed by atoms with Crippen molar-refractivity contribution in [1.29, 1.82) is 0 Å². The number of hydrogen-bond donors (Lipinski definition) is 1. The average Bonchev–Trinajstić information content (AvgIpc) is 3.00. The zero-order valence-electron chi connectivity index (χ0n) is 15.2. The molecule has 0 spiro atoms. The van der Waals surface area contributed by atoms with Crippen molar-refractivity contribution < 1.29 is 17.9 Å². The maximum Gasteiger partial charge on any atom is 0.222 e.